The lowest BCUT2D eigenvalue weighted by Gasteiger charge is -2.38. The minimum absolute atomic E-state index is 0.324. The van der Waals surface area contributed by atoms with Crippen molar-refractivity contribution in [3.63, 3.8) is 0 Å². The van der Waals surface area contributed by atoms with Crippen LogP contribution in [0.1, 0.15) is 49.1 Å². The van der Waals surface area contributed by atoms with Crippen LogP contribution in [0.2, 0.25) is 0 Å². The number of benzene rings is 2. The summed E-state index contributed by atoms with van der Waals surface area (Å²) >= 11 is 0. The first kappa shape index (κ1) is 20.2. The maximum absolute atomic E-state index is 5.49. The zero-order valence-electron chi connectivity index (χ0n) is 18.1. The third-order valence-corrected chi connectivity index (χ3v) is 5.97. The minimum atomic E-state index is -0.324. The van der Waals surface area contributed by atoms with Crippen LogP contribution >= 0.6 is 0 Å². The minimum Gasteiger partial charge on any atom is -0.493 e. The fourth-order valence-electron chi connectivity index (χ4n) is 4.39. The normalized spacial score (nSPS) is 15.6. The fourth-order valence-corrected chi connectivity index (χ4v) is 4.39. The summed E-state index contributed by atoms with van der Waals surface area (Å²) in [6, 6.07) is 12.2. The van der Waals surface area contributed by atoms with Crippen molar-refractivity contribution in [2.75, 3.05) is 19.5 Å². The number of hydrogen-bond donors (Lipinski definition) is 1. The Balaban J connectivity index is 1.78. The van der Waals surface area contributed by atoms with Crippen LogP contribution in [0, 0.1) is 13.8 Å². The molecular formula is C23H29N5O2. The summed E-state index contributed by atoms with van der Waals surface area (Å²) in [6.07, 6.45) is 5.46. The Hall–Kier alpha value is -3.09. The molecule has 0 atom stereocenters. The average molecular weight is 408 g/mol. The second-order valence-electron chi connectivity index (χ2n) is 8.04. The number of aromatic nitrogens is 4. The van der Waals surface area contributed by atoms with Crippen molar-refractivity contribution in [1.82, 2.24) is 20.2 Å². The predicted octanol–water partition coefficient (Wildman–Crippen LogP) is 4.57. The third-order valence-electron chi connectivity index (χ3n) is 5.97. The number of rotatable bonds is 6. The molecule has 7 nitrogen and oxygen atoms in total. The van der Waals surface area contributed by atoms with Gasteiger partial charge in [-0.2, -0.15) is 4.68 Å². The highest BCUT2D eigenvalue weighted by molar-refractivity contribution is 5.55. The number of aryl methyl sites for hydroxylation is 2. The standard InChI is InChI=1S/C23H29N5O2/c1-16-8-10-19(17(2)14-16)24-23(12-6-5-7-13-23)22-25-26-27-28(22)18-9-11-20(29-3)21(15-18)30-4/h8-11,14-15,24H,5-7,12-13H2,1-4H3. The van der Waals surface area contributed by atoms with Gasteiger partial charge in [0.2, 0.25) is 0 Å². The van der Waals surface area contributed by atoms with E-state index in [1.54, 1.807) is 14.2 Å². The number of ether oxygens (including phenoxy) is 2. The monoisotopic (exact) mass is 407 g/mol. The highest BCUT2D eigenvalue weighted by atomic mass is 16.5. The van der Waals surface area contributed by atoms with Crippen molar-refractivity contribution in [1.29, 1.82) is 0 Å². The molecule has 1 N–H and O–H groups in total. The van der Waals surface area contributed by atoms with Gasteiger partial charge in [0.15, 0.2) is 17.3 Å². The van der Waals surface area contributed by atoms with Crippen molar-refractivity contribution < 1.29 is 9.47 Å². The molecule has 0 aliphatic heterocycles. The summed E-state index contributed by atoms with van der Waals surface area (Å²) in [5.74, 6) is 2.16. The number of hydrogen-bond acceptors (Lipinski definition) is 6. The molecule has 1 aliphatic rings. The summed E-state index contributed by atoms with van der Waals surface area (Å²) in [7, 11) is 3.26. The van der Waals surface area contributed by atoms with Crippen LogP contribution in [-0.2, 0) is 5.54 Å². The lowest BCUT2D eigenvalue weighted by molar-refractivity contribution is 0.309. The second-order valence-corrected chi connectivity index (χ2v) is 8.04. The lowest BCUT2D eigenvalue weighted by atomic mass is 9.80. The van der Waals surface area contributed by atoms with E-state index in [-0.39, 0.29) is 5.54 Å². The van der Waals surface area contributed by atoms with Gasteiger partial charge in [-0.05, 0) is 60.9 Å². The molecule has 1 aliphatic carbocycles. The van der Waals surface area contributed by atoms with Gasteiger partial charge in [0.05, 0.1) is 25.4 Å². The number of nitrogens with one attached hydrogen (secondary N) is 1. The molecule has 0 spiro atoms. The Bertz CT molecular complexity index is 1020. The molecule has 2 aromatic carbocycles. The van der Waals surface area contributed by atoms with E-state index < -0.39 is 0 Å². The zero-order chi connectivity index (χ0) is 21.1. The molecule has 0 amide bonds. The topological polar surface area (TPSA) is 74.1 Å². The van der Waals surface area contributed by atoms with Gasteiger partial charge < -0.3 is 14.8 Å². The summed E-state index contributed by atoms with van der Waals surface area (Å²) in [5.41, 5.74) is 4.13. The first-order chi connectivity index (χ1) is 14.6. The van der Waals surface area contributed by atoms with Crippen LogP contribution in [0.25, 0.3) is 5.69 Å². The van der Waals surface area contributed by atoms with Crippen molar-refractivity contribution >= 4 is 5.69 Å². The van der Waals surface area contributed by atoms with Gasteiger partial charge in [-0.3, -0.25) is 0 Å². The second kappa shape index (κ2) is 8.34. The quantitative estimate of drug-likeness (QED) is 0.645. The fraction of sp³-hybridized carbons (Fsp3) is 0.435. The van der Waals surface area contributed by atoms with Crippen molar-refractivity contribution in [2.45, 2.75) is 51.5 Å². The van der Waals surface area contributed by atoms with Crippen LogP contribution in [0.15, 0.2) is 36.4 Å². The van der Waals surface area contributed by atoms with E-state index in [2.05, 4.69) is 52.9 Å². The largest absolute Gasteiger partial charge is 0.493 e. The molecule has 0 radical (unpaired) electrons. The van der Waals surface area contributed by atoms with Crippen molar-refractivity contribution in [2.24, 2.45) is 0 Å². The van der Waals surface area contributed by atoms with Gasteiger partial charge in [0, 0.05) is 11.8 Å². The zero-order valence-corrected chi connectivity index (χ0v) is 18.1. The molecule has 7 heteroatoms. The van der Waals surface area contributed by atoms with Crippen LogP contribution in [0.3, 0.4) is 0 Å². The van der Waals surface area contributed by atoms with E-state index in [4.69, 9.17) is 9.47 Å². The van der Waals surface area contributed by atoms with Gasteiger partial charge >= 0.3 is 0 Å². The summed E-state index contributed by atoms with van der Waals surface area (Å²) in [6.45, 7) is 4.26. The molecule has 158 valence electrons. The summed E-state index contributed by atoms with van der Waals surface area (Å²) < 4.78 is 12.7. The van der Waals surface area contributed by atoms with Crippen LogP contribution in [0.4, 0.5) is 5.69 Å². The van der Waals surface area contributed by atoms with Gasteiger partial charge in [-0.25, -0.2) is 0 Å². The first-order valence-electron chi connectivity index (χ1n) is 10.4. The van der Waals surface area contributed by atoms with E-state index in [1.807, 2.05) is 22.9 Å². The molecule has 3 aromatic rings. The lowest BCUT2D eigenvalue weighted by Crippen LogP contribution is -2.40. The van der Waals surface area contributed by atoms with Crippen LogP contribution < -0.4 is 14.8 Å². The van der Waals surface area contributed by atoms with E-state index >= 15 is 0 Å². The molecule has 4 rings (SSSR count). The van der Waals surface area contributed by atoms with E-state index in [9.17, 15) is 0 Å². The Morgan fingerprint density at radius 2 is 1.70 bits per heavy atom. The van der Waals surface area contributed by atoms with Gasteiger partial charge in [0.25, 0.3) is 0 Å². The Labute approximate surface area is 177 Å². The maximum atomic E-state index is 5.49. The maximum Gasteiger partial charge on any atom is 0.181 e. The first-order valence-corrected chi connectivity index (χ1v) is 10.4. The van der Waals surface area contributed by atoms with Gasteiger partial charge in [0.1, 0.15) is 0 Å². The van der Waals surface area contributed by atoms with Gasteiger partial charge in [-0.1, -0.05) is 37.0 Å². The molecule has 0 unspecified atom stereocenters. The van der Waals surface area contributed by atoms with Crippen molar-refractivity contribution in [3.8, 4) is 17.2 Å². The van der Waals surface area contributed by atoms with Gasteiger partial charge in [-0.15, -0.1) is 5.10 Å². The number of nitrogens with zero attached hydrogens (tertiary/aromatic N) is 4. The third kappa shape index (κ3) is 3.72. The van der Waals surface area contributed by atoms with E-state index in [0.29, 0.717) is 11.5 Å². The SMILES string of the molecule is COc1ccc(-n2nnnc2C2(Nc3ccc(C)cc3C)CCCCC2)cc1OC. The highest BCUT2D eigenvalue weighted by Crippen LogP contribution is 2.41. The molecule has 1 aromatic heterocycles. The van der Waals surface area contributed by atoms with E-state index in [0.717, 1.165) is 42.9 Å². The van der Waals surface area contributed by atoms with E-state index in [1.165, 1.54) is 17.5 Å². The number of methoxy groups -OCH3 is 2. The molecule has 1 saturated carbocycles. The molecule has 1 fully saturated rings. The molecule has 30 heavy (non-hydrogen) atoms. The smallest absolute Gasteiger partial charge is 0.181 e. The molecule has 0 bridgehead atoms. The summed E-state index contributed by atoms with van der Waals surface area (Å²) in [5, 5.41) is 16.7. The highest BCUT2D eigenvalue weighted by Gasteiger charge is 2.39. The molecule has 0 saturated heterocycles. The van der Waals surface area contributed by atoms with Crippen molar-refractivity contribution in [3.05, 3.63) is 53.3 Å². The Morgan fingerprint density at radius 3 is 2.40 bits per heavy atom. The molecular weight excluding hydrogens is 378 g/mol. The van der Waals surface area contributed by atoms with Crippen LogP contribution in [0.5, 0.6) is 11.5 Å². The predicted molar refractivity (Wildman–Crippen MR) is 117 cm³/mol. The Morgan fingerprint density at radius 1 is 0.933 bits per heavy atom. The number of tetrazole rings is 1. The molecule has 1 heterocycles. The Kier molecular flexibility index (Phi) is 5.61. The average Bonchev–Trinajstić information content (AvgIpc) is 3.27. The van der Waals surface area contributed by atoms with Crippen LogP contribution in [-0.4, -0.2) is 34.4 Å². The number of anilines is 1. The summed E-state index contributed by atoms with van der Waals surface area (Å²) in [4.78, 5) is 0.